The Morgan fingerprint density at radius 3 is 2.22 bits per heavy atom. The van der Waals surface area contributed by atoms with Crippen molar-refractivity contribution in [1.29, 1.82) is 0 Å². The van der Waals surface area contributed by atoms with E-state index in [0.717, 1.165) is 28.8 Å². The summed E-state index contributed by atoms with van der Waals surface area (Å²) in [5.41, 5.74) is 14.1. The van der Waals surface area contributed by atoms with Gasteiger partial charge in [0.2, 0.25) is 0 Å². The molecule has 0 aliphatic heterocycles. The van der Waals surface area contributed by atoms with Crippen LogP contribution in [0, 0.1) is 6.07 Å². The molecule has 0 nitrogen and oxygen atoms in total. The Bertz CT molecular complexity index is 1670. The van der Waals surface area contributed by atoms with Gasteiger partial charge in [-0.3, -0.25) is 0 Å². The monoisotopic (exact) mass is 666 g/mol. The van der Waals surface area contributed by atoms with Gasteiger partial charge >= 0.3 is 26.2 Å². The van der Waals surface area contributed by atoms with E-state index in [1.165, 1.54) is 66.4 Å². The molecular weight excluding hydrogens is 635 g/mol. The van der Waals surface area contributed by atoms with Gasteiger partial charge in [0.25, 0.3) is 0 Å². The van der Waals surface area contributed by atoms with E-state index in [0.29, 0.717) is 0 Å². The van der Waals surface area contributed by atoms with Crippen molar-refractivity contribution < 1.29 is 51.0 Å². The Balaban J connectivity index is 0.000000740. The number of allylic oxidation sites excluding steroid dienone is 1. The second kappa shape index (κ2) is 14.8. The van der Waals surface area contributed by atoms with Crippen LogP contribution in [0.3, 0.4) is 0 Å². The molecule has 7 rings (SSSR count). The minimum absolute atomic E-state index is 0. The molecule has 2 radical (unpaired) electrons. The molecular formula is C37H34Cl2SiZr. The summed E-state index contributed by atoms with van der Waals surface area (Å²) in [6.45, 7) is 6.71. The van der Waals surface area contributed by atoms with Crippen LogP contribution in [0.15, 0.2) is 103 Å². The Morgan fingerprint density at radius 1 is 0.756 bits per heavy atom. The smallest absolute Gasteiger partial charge is 1.00 e. The first kappa shape index (κ1) is 33.3. The second-order valence-corrected chi connectivity index (χ2v) is 11.6. The van der Waals surface area contributed by atoms with Crippen LogP contribution < -0.4 is 24.8 Å². The molecule has 0 saturated carbocycles. The van der Waals surface area contributed by atoms with Crippen LogP contribution in [0.1, 0.15) is 53.5 Å². The van der Waals surface area contributed by atoms with Crippen molar-refractivity contribution in [2.75, 3.05) is 0 Å². The van der Waals surface area contributed by atoms with Gasteiger partial charge in [-0.05, 0) is 57.0 Å². The van der Waals surface area contributed by atoms with E-state index in [4.69, 9.17) is 0 Å². The summed E-state index contributed by atoms with van der Waals surface area (Å²) in [5, 5.41) is 2.61. The number of benzene rings is 5. The van der Waals surface area contributed by atoms with Crippen molar-refractivity contribution in [3.8, 4) is 22.3 Å². The molecule has 0 bridgehead atoms. The maximum atomic E-state index is 3.72. The molecule has 0 heterocycles. The molecule has 2 aliphatic rings. The molecule has 1 unspecified atom stereocenters. The van der Waals surface area contributed by atoms with Crippen molar-refractivity contribution in [2.24, 2.45) is 0 Å². The molecule has 0 N–H and O–H groups in total. The molecule has 5 aromatic rings. The molecule has 41 heavy (non-hydrogen) atoms. The molecule has 5 aromatic carbocycles. The number of fused-ring (bicyclic) bond motifs is 5. The average molecular weight is 669 g/mol. The normalized spacial score (nSPS) is 13.7. The van der Waals surface area contributed by atoms with Crippen LogP contribution in [0.5, 0.6) is 0 Å². The molecule has 0 aromatic heterocycles. The van der Waals surface area contributed by atoms with Gasteiger partial charge in [-0.1, -0.05) is 123 Å². The predicted molar refractivity (Wildman–Crippen MR) is 167 cm³/mol. The molecule has 0 saturated heterocycles. The van der Waals surface area contributed by atoms with Gasteiger partial charge in [0.05, 0.1) is 0 Å². The van der Waals surface area contributed by atoms with E-state index in [1.54, 1.807) is 0 Å². The van der Waals surface area contributed by atoms with Crippen molar-refractivity contribution in [3.63, 3.8) is 0 Å². The zero-order chi connectivity index (χ0) is 26.1. The topological polar surface area (TPSA) is 0 Å². The summed E-state index contributed by atoms with van der Waals surface area (Å²) in [7, 11) is 0.750. The molecule has 1 atom stereocenters. The molecule has 0 fully saturated rings. The van der Waals surface area contributed by atoms with Gasteiger partial charge in [0.15, 0.2) is 0 Å². The molecule has 0 amide bonds. The van der Waals surface area contributed by atoms with Gasteiger partial charge in [0, 0.05) is 15.4 Å². The van der Waals surface area contributed by atoms with Crippen molar-refractivity contribution in [1.82, 2.24) is 0 Å². The van der Waals surface area contributed by atoms with E-state index in [9.17, 15) is 0 Å². The van der Waals surface area contributed by atoms with Crippen LogP contribution in [0.25, 0.3) is 39.1 Å². The van der Waals surface area contributed by atoms with Crippen molar-refractivity contribution in [3.05, 3.63) is 137 Å². The predicted octanol–water partition coefficient (Wildman–Crippen LogP) is 3.73. The average Bonchev–Trinajstić information content (AvgIpc) is 3.52. The minimum atomic E-state index is 0. The van der Waals surface area contributed by atoms with Gasteiger partial charge < -0.3 is 24.8 Å². The largest absolute Gasteiger partial charge is 3.00 e. The van der Waals surface area contributed by atoms with Crippen LogP contribution in [-0.4, -0.2) is 9.52 Å². The van der Waals surface area contributed by atoms with Crippen LogP contribution >= 0.6 is 0 Å². The van der Waals surface area contributed by atoms with E-state index < -0.39 is 0 Å². The summed E-state index contributed by atoms with van der Waals surface area (Å²) in [6, 6.07) is 39.3. The second-order valence-electron chi connectivity index (χ2n) is 10.4. The zero-order valence-electron chi connectivity index (χ0n) is 23.8. The Morgan fingerprint density at radius 2 is 1.41 bits per heavy atom. The first-order chi connectivity index (χ1) is 18.7. The van der Waals surface area contributed by atoms with Gasteiger partial charge in [-0.25, -0.2) is 0 Å². The minimum Gasteiger partial charge on any atom is -1.00 e. The first-order valence-electron chi connectivity index (χ1n) is 13.9. The molecule has 2 aliphatic carbocycles. The van der Waals surface area contributed by atoms with E-state index >= 15 is 0 Å². The third kappa shape index (κ3) is 6.14. The number of hydrogen-bond donors (Lipinski definition) is 0. The Kier molecular flexibility index (Phi) is 12.0. The first-order valence-corrected chi connectivity index (χ1v) is 16.2. The van der Waals surface area contributed by atoms with Gasteiger partial charge in [-0.2, -0.15) is 18.2 Å². The number of rotatable bonds is 4. The maximum Gasteiger partial charge on any atom is 3.00 e. The van der Waals surface area contributed by atoms with Crippen LogP contribution in [0.2, 0.25) is 13.1 Å². The number of hydrogen-bond acceptors (Lipinski definition) is 0. The van der Waals surface area contributed by atoms with E-state index in [-0.39, 0.29) is 56.9 Å². The van der Waals surface area contributed by atoms with Crippen LogP contribution in [-0.2, 0) is 32.6 Å². The summed E-state index contributed by atoms with van der Waals surface area (Å²) in [4.78, 5) is 0. The van der Waals surface area contributed by atoms with Crippen LogP contribution in [0.4, 0.5) is 0 Å². The summed E-state index contributed by atoms with van der Waals surface area (Å²) in [5.74, 6) is 0.282. The molecule has 204 valence electrons. The fraction of sp³-hybridized carbons (Fsp3) is 0.189. The van der Waals surface area contributed by atoms with E-state index in [1.807, 2.05) is 0 Å². The third-order valence-corrected chi connectivity index (χ3v) is 7.87. The van der Waals surface area contributed by atoms with Gasteiger partial charge in [-0.15, -0.1) is 16.7 Å². The summed E-state index contributed by atoms with van der Waals surface area (Å²) < 4.78 is 0. The zero-order valence-corrected chi connectivity index (χ0v) is 29.0. The third-order valence-electron chi connectivity index (χ3n) is 7.87. The summed E-state index contributed by atoms with van der Waals surface area (Å²) in [6.07, 6.45) is 5.76. The number of halogens is 2. The SMILES string of the molecule is CCCC1=Cc2c(-c3cccc4ccccc34)cccc2C1c1[c-]ccc2c1Cc1ccccc1-2.C[SiH]C.[Cl-].[Cl-].[Zr+3]. The molecule has 0 spiro atoms. The Labute approximate surface area is 279 Å². The Hall–Kier alpha value is -2.22. The molecule has 4 heteroatoms. The standard InChI is InChI=1S/C35H27.C2H7Si.2ClH.Zr/c1-2-10-25-22-34-30(28-16-7-13-23-11-3-5-14-26(23)28)18-9-20-32(34)35(25)31-19-8-17-29-27-15-6-4-12-24(27)21-33(29)31;1-3-2;;;/h3-9,11-18,20,22,35H,2,10,21H2,1H3;3H,1-2H3;2*1H;/q-1;;;;+3/p-2. The van der Waals surface area contributed by atoms with E-state index in [2.05, 4.69) is 129 Å². The maximum absolute atomic E-state index is 3.72. The van der Waals surface area contributed by atoms with Crippen molar-refractivity contribution >= 4 is 26.4 Å². The fourth-order valence-corrected chi connectivity index (χ4v) is 6.38. The summed E-state index contributed by atoms with van der Waals surface area (Å²) >= 11 is 0. The van der Waals surface area contributed by atoms with Crippen molar-refractivity contribution in [2.45, 2.75) is 45.2 Å². The fourth-order valence-electron chi connectivity index (χ4n) is 6.38. The quantitative estimate of drug-likeness (QED) is 0.199. The van der Waals surface area contributed by atoms with Gasteiger partial charge in [0.1, 0.15) is 0 Å².